The summed E-state index contributed by atoms with van der Waals surface area (Å²) in [6, 6.07) is 1.99. The van der Waals surface area contributed by atoms with Gasteiger partial charge in [-0.15, -0.1) is 0 Å². The van der Waals surface area contributed by atoms with Crippen molar-refractivity contribution in [1.29, 1.82) is 0 Å². The minimum Gasteiger partial charge on any atom is -0.374 e. The number of hydrogen-bond donors (Lipinski definition) is 1. The van der Waals surface area contributed by atoms with E-state index in [1.165, 1.54) is 0 Å². The molecule has 1 unspecified atom stereocenters. The van der Waals surface area contributed by atoms with Gasteiger partial charge in [-0.25, -0.2) is 0 Å². The fourth-order valence-corrected chi connectivity index (χ4v) is 2.13. The van der Waals surface area contributed by atoms with Gasteiger partial charge in [0.1, 0.15) is 6.23 Å². The van der Waals surface area contributed by atoms with Crippen LogP contribution in [0, 0.1) is 0 Å². The molecule has 2 rings (SSSR count). The summed E-state index contributed by atoms with van der Waals surface area (Å²) in [5.41, 5.74) is 0.992. The molecule has 0 radical (unpaired) electrons. The van der Waals surface area contributed by atoms with Crippen molar-refractivity contribution in [2.24, 2.45) is 0 Å². The van der Waals surface area contributed by atoms with Crippen molar-refractivity contribution in [1.82, 2.24) is 4.98 Å². The van der Waals surface area contributed by atoms with Gasteiger partial charge in [-0.3, -0.25) is 4.98 Å². The van der Waals surface area contributed by atoms with Gasteiger partial charge in [-0.05, 0) is 41.3 Å². The summed E-state index contributed by atoms with van der Waals surface area (Å²) in [5, 5.41) is 9.80. The molecule has 0 aliphatic carbocycles. The Bertz CT molecular complexity index is 319. The van der Waals surface area contributed by atoms with E-state index in [-0.39, 0.29) is 6.23 Å². The number of aliphatic hydroxyl groups is 1. The molecule has 1 N–H and O–H groups in total. The zero-order chi connectivity index (χ0) is 9.97. The highest BCUT2D eigenvalue weighted by atomic mass is 79.9. The summed E-state index contributed by atoms with van der Waals surface area (Å²) in [7, 11) is 0. The number of aliphatic hydroxyl groups excluding tert-OH is 1. The van der Waals surface area contributed by atoms with Crippen molar-refractivity contribution in [2.75, 3.05) is 11.4 Å². The molecule has 2 heterocycles. The number of pyridine rings is 1. The summed E-state index contributed by atoms with van der Waals surface area (Å²) in [6.45, 7) is 0.916. The smallest absolute Gasteiger partial charge is 0.126 e. The van der Waals surface area contributed by atoms with Crippen LogP contribution in [-0.4, -0.2) is 22.9 Å². The Kier molecular flexibility index (Phi) is 3.03. The molecule has 1 fully saturated rings. The Morgan fingerprint density at radius 2 is 2.29 bits per heavy atom. The van der Waals surface area contributed by atoms with Crippen molar-refractivity contribution in [2.45, 2.75) is 25.5 Å². The van der Waals surface area contributed by atoms with E-state index in [0.717, 1.165) is 36.0 Å². The summed E-state index contributed by atoms with van der Waals surface area (Å²) in [5.74, 6) is 0. The molecule has 76 valence electrons. The van der Waals surface area contributed by atoms with E-state index in [1.807, 2.05) is 11.0 Å². The minimum absolute atomic E-state index is 0.347. The first-order valence-electron chi connectivity index (χ1n) is 4.82. The van der Waals surface area contributed by atoms with Gasteiger partial charge in [0, 0.05) is 17.2 Å². The molecule has 4 heteroatoms. The summed E-state index contributed by atoms with van der Waals surface area (Å²) >= 11 is 3.38. The lowest BCUT2D eigenvalue weighted by Gasteiger charge is -2.33. The molecule has 1 aliphatic rings. The Labute approximate surface area is 91.9 Å². The van der Waals surface area contributed by atoms with Crippen LogP contribution in [0.3, 0.4) is 0 Å². The van der Waals surface area contributed by atoms with Crippen molar-refractivity contribution < 1.29 is 5.11 Å². The first-order chi connectivity index (χ1) is 6.77. The van der Waals surface area contributed by atoms with E-state index in [4.69, 9.17) is 0 Å². The summed E-state index contributed by atoms with van der Waals surface area (Å²) in [4.78, 5) is 6.10. The van der Waals surface area contributed by atoms with Gasteiger partial charge < -0.3 is 10.0 Å². The molecule has 1 atom stereocenters. The maximum Gasteiger partial charge on any atom is 0.126 e. The van der Waals surface area contributed by atoms with Gasteiger partial charge in [-0.1, -0.05) is 0 Å². The Hall–Kier alpha value is -0.610. The number of halogens is 1. The Balaban J connectivity index is 2.20. The quantitative estimate of drug-likeness (QED) is 0.837. The van der Waals surface area contributed by atoms with Gasteiger partial charge in [0.05, 0.1) is 11.9 Å². The molecule has 0 spiro atoms. The summed E-state index contributed by atoms with van der Waals surface area (Å²) < 4.78 is 0.952. The maximum absolute atomic E-state index is 9.80. The van der Waals surface area contributed by atoms with Crippen LogP contribution in [0.5, 0.6) is 0 Å². The monoisotopic (exact) mass is 256 g/mol. The van der Waals surface area contributed by atoms with Gasteiger partial charge in [0.2, 0.25) is 0 Å². The third-order valence-electron chi connectivity index (χ3n) is 2.49. The molecule has 1 aromatic heterocycles. The van der Waals surface area contributed by atoms with E-state index in [9.17, 15) is 5.11 Å². The highest BCUT2D eigenvalue weighted by Gasteiger charge is 2.20. The van der Waals surface area contributed by atoms with Crippen LogP contribution in [0.25, 0.3) is 0 Å². The number of aromatic nitrogens is 1. The molecule has 0 saturated carbocycles. The second-order valence-electron chi connectivity index (χ2n) is 3.53. The lowest BCUT2D eigenvalue weighted by molar-refractivity contribution is 0.140. The minimum atomic E-state index is -0.347. The Morgan fingerprint density at radius 3 is 3.00 bits per heavy atom. The predicted octanol–water partition coefficient (Wildman–Crippen LogP) is 2.15. The van der Waals surface area contributed by atoms with Gasteiger partial charge in [0.15, 0.2) is 0 Å². The van der Waals surface area contributed by atoms with Crippen LogP contribution in [0.4, 0.5) is 5.69 Å². The molecule has 1 aliphatic heterocycles. The van der Waals surface area contributed by atoms with Crippen molar-refractivity contribution >= 4 is 21.6 Å². The summed E-state index contributed by atoms with van der Waals surface area (Å²) in [6.07, 6.45) is 6.30. The molecule has 1 saturated heterocycles. The van der Waals surface area contributed by atoms with E-state index in [0.29, 0.717) is 0 Å². The van der Waals surface area contributed by atoms with Crippen LogP contribution in [-0.2, 0) is 0 Å². The van der Waals surface area contributed by atoms with Gasteiger partial charge >= 0.3 is 0 Å². The molecule has 1 aromatic rings. The fourth-order valence-electron chi connectivity index (χ4n) is 1.77. The van der Waals surface area contributed by atoms with Crippen molar-refractivity contribution in [3.63, 3.8) is 0 Å². The zero-order valence-corrected chi connectivity index (χ0v) is 9.44. The second kappa shape index (κ2) is 4.28. The number of piperidine rings is 1. The highest BCUT2D eigenvalue weighted by Crippen LogP contribution is 2.24. The zero-order valence-electron chi connectivity index (χ0n) is 7.86. The van der Waals surface area contributed by atoms with Crippen molar-refractivity contribution in [3.05, 3.63) is 22.9 Å². The lowest BCUT2D eigenvalue weighted by Crippen LogP contribution is -2.39. The average molecular weight is 257 g/mol. The molecule has 0 amide bonds. The third kappa shape index (κ3) is 2.07. The highest BCUT2D eigenvalue weighted by molar-refractivity contribution is 9.10. The van der Waals surface area contributed by atoms with E-state index in [1.54, 1.807) is 12.4 Å². The number of anilines is 1. The van der Waals surface area contributed by atoms with Crippen LogP contribution < -0.4 is 4.90 Å². The van der Waals surface area contributed by atoms with Crippen LogP contribution in [0.1, 0.15) is 19.3 Å². The van der Waals surface area contributed by atoms with Crippen molar-refractivity contribution in [3.8, 4) is 0 Å². The molecule has 3 nitrogen and oxygen atoms in total. The molecule has 0 bridgehead atoms. The van der Waals surface area contributed by atoms with Crippen LogP contribution in [0.2, 0.25) is 0 Å². The first kappa shape index (κ1) is 9.93. The molecular formula is C10H13BrN2O. The number of hydrogen-bond acceptors (Lipinski definition) is 3. The maximum atomic E-state index is 9.80. The Morgan fingerprint density at radius 1 is 1.43 bits per heavy atom. The molecular weight excluding hydrogens is 244 g/mol. The van der Waals surface area contributed by atoms with E-state index in [2.05, 4.69) is 20.9 Å². The standard InChI is InChI=1S/C10H13BrN2O/c11-8-5-9(7-12-6-8)13-4-2-1-3-10(13)14/h5-7,10,14H,1-4H2. The topological polar surface area (TPSA) is 36.4 Å². The second-order valence-corrected chi connectivity index (χ2v) is 4.45. The predicted molar refractivity (Wildman–Crippen MR) is 59.1 cm³/mol. The van der Waals surface area contributed by atoms with Gasteiger partial charge in [0.25, 0.3) is 0 Å². The number of rotatable bonds is 1. The fraction of sp³-hybridized carbons (Fsp3) is 0.500. The van der Waals surface area contributed by atoms with Crippen LogP contribution in [0.15, 0.2) is 22.9 Å². The first-order valence-corrected chi connectivity index (χ1v) is 5.62. The largest absolute Gasteiger partial charge is 0.374 e. The molecule has 14 heavy (non-hydrogen) atoms. The van der Waals surface area contributed by atoms with Crippen LogP contribution >= 0.6 is 15.9 Å². The number of nitrogens with zero attached hydrogens (tertiary/aromatic N) is 2. The molecule has 0 aromatic carbocycles. The third-order valence-corrected chi connectivity index (χ3v) is 2.93. The average Bonchev–Trinajstić information content (AvgIpc) is 2.18. The normalized spacial score (nSPS) is 22.4. The van der Waals surface area contributed by atoms with E-state index >= 15 is 0 Å². The SMILES string of the molecule is OC1CCCCN1c1cncc(Br)c1. The van der Waals surface area contributed by atoms with Gasteiger partial charge in [-0.2, -0.15) is 0 Å². The van der Waals surface area contributed by atoms with E-state index < -0.39 is 0 Å². The lowest BCUT2D eigenvalue weighted by atomic mass is 10.1.